The molecule has 2 heterocycles. The van der Waals surface area contributed by atoms with Gasteiger partial charge in [-0.1, -0.05) is 17.7 Å². The Morgan fingerprint density at radius 2 is 1.81 bits per heavy atom. The molecule has 0 bridgehead atoms. The zero-order chi connectivity index (χ0) is 19.0. The Kier molecular flexibility index (Phi) is 4.98. The van der Waals surface area contributed by atoms with E-state index in [1.54, 1.807) is 6.92 Å². The molecule has 0 spiro atoms. The van der Waals surface area contributed by atoms with Crippen LogP contribution in [0.15, 0.2) is 36.4 Å². The molecule has 2 aromatic rings. The highest BCUT2D eigenvalue weighted by Gasteiger charge is 2.26. The highest BCUT2D eigenvalue weighted by Crippen LogP contribution is 2.35. The molecule has 1 fully saturated rings. The average Bonchev–Trinajstić information content (AvgIpc) is 2.67. The van der Waals surface area contributed by atoms with Crippen molar-refractivity contribution in [3.05, 3.63) is 52.5 Å². The predicted molar refractivity (Wildman–Crippen MR) is 109 cm³/mol. The van der Waals surface area contributed by atoms with E-state index < -0.39 is 6.10 Å². The summed E-state index contributed by atoms with van der Waals surface area (Å²) in [6.07, 6.45) is -0.441. The second kappa shape index (κ2) is 7.41. The van der Waals surface area contributed by atoms with E-state index >= 15 is 0 Å². The molecule has 1 unspecified atom stereocenters. The largest absolute Gasteiger partial charge is 0.479 e. The molecule has 2 aliphatic rings. The van der Waals surface area contributed by atoms with Crippen LogP contribution in [0.1, 0.15) is 18.1 Å². The van der Waals surface area contributed by atoms with Crippen molar-refractivity contribution in [2.75, 3.05) is 36.4 Å². The lowest BCUT2D eigenvalue weighted by atomic mass is 10.0. The molecule has 2 aliphatic heterocycles. The van der Waals surface area contributed by atoms with E-state index in [4.69, 9.17) is 16.3 Å². The van der Waals surface area contributed by atoms with Crippen LogP contribution in [-0.4, -0.2) is 43.1 Å². The lowest BCUT2D eigenvalue weighted by Gasteiger charge is -2.36. The number of amides is 1. The first-order valence-electron chi connectivity index (χ1n) is 9.34. The molecule has 2 aromatic carbocycles. The average molecular weight is 386 g/mol. The van der Waals surface area contributed by atoms with Crippen LogP contribution in [0.25, 0.3) is 0 Å². The normalized spacial score (nSPS) is 20.0. The number of nitrogens with zero attached hydrogens (tertiary/aromatic N) is 2. The third-order valence-corrected chi connectivity index (χ3v) is 5.67. The first kappa shape index (κ1) is 18.1. The van der Waals surface area contributed by atoms with Gasteiger partial charge in [-0.2, -0.15) is 0 Å². The number of ether oxygens (including phenoxy) is 1. The van der Waals surface area contributed by atoms with Gasteiger partial charge in [-0.15, -0.1) is 0 Å². The molecule has 142 valence electrons. The third-order valence-electron chi connectivity index (χ3n) is 5.42. The van der Waals surface area contributed by atoms with Crippen LogP contribution in [0.2, 0.25) is 5.02 Å². The third kappa shape index (κ3) is 3.75. The number of piperazine rings is 1. The van der Waals surface area contributed by atoms with Crippen molar-refractivity contribution in [2.45, 2.75) is 26.5 Å². The van der Waals surface area contributed by atoms with Crippen molar-refractivity contribution in [1.29, 1.82) is 0 Å². The number of carbonyl (C=O) groups is 1. The van der Waals surface area contributed by atoms with E-state index in [2.05, 4.69) is 40.2 Å². The van der Waals surface area contributed by atoms with Crippen LogP contribution in [0, 0.1) is 6.92 Å². The maximum atomic E-state index is 11.9. The van der Waals surface area contributed by atoms with Gasteiger partial charge in [0.05, 0.1) is 5.69 Å². The number of nitrogens with one attached hydrogen (secondary N) is 1. The van der Waals surface area contributed by atoms with Crippen LogP contribution in [-0.2, 0) is 11.3 Å². The van der Waals surface area contributed by atoms with E-state index in [0.717, 1.165) is 54.7 Å². The number of hydrogen-bond donors (Lipinski definition) is 1. The summed E-state index contributed by atoms with van der Waals surface area (Å²) < 4.78 is 5.70. The number of carbonyl (C=O) groups excluding carboxylic acids is 1. The Morgan fingerprint density at radius 3 is 2.52 bits per heavy atom. The number of hydrogen-bond acceptors (Lipinski definition) is 4. The summed E-state index contributed by atoms with van der Waals surface area (Å²) >= 11 is 5.98. The SMILES string of the molecule is Cc1c(CN2CCN(c3ccc(Cl)cc3)CC2)ccc2c1NC(=O)C(C)O2. The molecule has 0 aliphatic carbocycles. The Morgan fingerprint density at radius 1 is 1.11 bits per heavy atom. The Labute approximate surface area is 164 Å². The molecule has 1 amide bonds. The number of halogens is 1. The monoisotopic (exact) mass is 385 g/mol. The molecule has 4 rings (SSSR count). The Balaban J connectivity index is 1.41. The lowest BCUT2D eigenvalue weighted by molar-refractivity contribution is -0.122. The van der Waals surface area contributed by atoms with Gasteiger partial charge in [-0.25, -0.2) is 0 Å². The van der Waals surface area contributed by atoms with Crippen LogP contribution in [0.4, 0.5) is 11.4 Å². The summed E-state index contributed by atoms with van der Waals surface area (Å²) in [5.41, 5.74) is 4.36. The van der Waals surface area contributed by atoms with E-state index in [9.17, 15) is 4.79 Å². The number of anilines is 2. The van der Waals surface area contributed by atoms with Crippen molar-refractivity contribution in [3.8, 4) is 5.75 Å². The molecular weight excluding hydrogens is 362 g/mol. The van der Waals surface area contributed by atoms with Gasteiger partial charge in [0.15, 0.2) is 6.10 Å². The summed E-state index contributed by atoms with van der Waals surface area (Å²) in [6, 6.07) is 12.1. The molecule has 0 aromatic heterocycles. The van der Waals surface area contributed by atoms with Gasteiger partial charge in [0.2, 0.25) is 0 Å². The minimum atomic E-state index is -0.441. The number of benzene rings is 2. The summed E-state index contributed by atoms with van der Waals surface area (Å²) in [6.45, 7) is 8.67. The van der Waals surface area contributed by atoms with Crippen molar-refractivity contribution in [1.82, 2.24) is 4.90 Å². The van der Waals surface area contributed by atoms with Crippen LogP contribution >= 0.6 is 11.6 Å². The minimum Gasteiger partial charge on any atom is -0.479 e. The maximum absolute atomic E-state index is 11.9. The summed E-state index contributed by atoms with van der Waals surface area (Å²) in [5.74, 6) is 0.676. The second-order valence-corrected chi connectivity index (χ2v) is 7.65. The first-order chi connectivity index (χ1) is 13.0. The fraction of sp³-hybridized carbons (Fsp3) is 0.381. The van der Waals surface area contributed by atoms with Crippen molar-refractivity contribution >= 4 is 28.9 Å². The quantitative estimate of drug-likeness (QED) is 0.875. The summed E-state index contributed by atoms with van der Waals surface area (Å²) in [7, 11) is 0. The predicted octanol–water partition coefficient (Wildman–Crippen LogP) is 3.69. The Bertz CT molecular complexity index is 845. The van der Waals surface area contributed by atoms with E-state index in [1.807, 2.05) is 18.2 Å². The molecule has 1 atom stereocenters. The van der Waals surface area contributed by atoms with Gasteiger partial charge in [-0.3, -0.25) is 9.69 Å². The van der Waals surface area contributed by atoms with E-state index in [-0.39, 0.29) is 5.91 Å². The molecular formula is C21H24ClN3O2. The number of rotatable bonds is 3. The topological polar surface area (TPSA) is 44.8 Å². The van der Waals surface area contributed by atoms with E-state index in [1.165, 1.54) is 11.3 Å². The summed E-state index contributed by atoms with van der Waals surface area (Å²) in [4.78, 5) is 16.8. The second-order valence-electron chi connectivity index (χ2n) is 7.21. The molecule has 0 radical (unpaired) electrons. The van der Waals surface area contributed by atoms with Gasteiger partial charge < -0.3 is 15.0 Å². The molecule has 6 heteroatoms. The Hall–Kier alpha value is -2.24. The zero-order valence-corrected chi connectivity index (χ0v) is 16.4. The summed E-state index contributed by atoms with van der Waals surface area (Å²) in [5, 5.41) is 3.76. The number of fused-ring (bicyclic) bond motifs is 1. The molecule has 0 saturated carbocycles. The van der Waals surface area contributed by atoms with Crippen LogP contribution < -0.4 is 15.0 Å². The lowest BCUT2D eigenvalue weighted by Crippen LogP contribution is -2.46. The van der Waals surface area contributed by atoms with Gasteiger partial charge >= 0.3 is 0 Å². The fourth-order valence-electron chi connectivity index (χ4n) is 3.68. The van der Waals surface area contributed by atoms with Crippen LogP contribution in [0.5, 0.6) is 5.75 Å². The van der Waals surface area contributed by atoms with Crippen molar-refractivity contribution in [3.63, 3.8) is 0 Å². The molecule has 5 nitrogen and oxygen atoms in total. The highest BCUT2D eigenvalue weighted by atomic mass is 35.5. The first-order valence-corrected chi connectivity index (χ1v) is 9.72. The van der Waals surface area contributed by atoms with Crippen molar-refractivity contribution in [2.24, 2.45) is 0 Å². The maximum Gasteiger partial charge on any atom is 0.265 e. The molecule has 1 N–H and O–H groups in total. The van der Waals surface area contributed by atoms with Gasteiger partial charge in [0.1, 0.15) is 5.75 Å². The fourth-order valence-corrected chi connectivity index (χ4v) is 3.81. The van der Waals surface area contributed by atoms with Gasteiger partial charge in [-0.05, 0) is 55.3 Å². The smallest absolute Gasteiger partial charge is 0.265 e. The van der Waals surface area contributed by atoms with Gasteiger partial charge in [0.25, 0.3) is 5.91 Å². The standard InChI is InChI=1S/C21H24ClN3O2/c1-14-16(3-8-19-20(14)23-21(26)15(2)27-19)13-24-9-11-25(12-10-24)18-6-4-17(22)5-7-18/h3-8,15H,9-13H2,1-2H3,(H,23,26). The van der Waals surface area contributed by atoms with Crippen molar-refractivity contribution < 1.29 is 9.53 Å². The van der Waals surface area contributed by atoms with E-state index in [0.29, 0.717) is 0 Å². The molecule has 27 heavy (non-hydrogen) atoms. The molecule has 1 saturated heterocycles. The van der Waals surface area contributed by atoms with Gasteiger partial charge in [0, 0.05) is 43.4 Å². The highest BCUT2D eigenvalue weighted by molar-refractivity contribution is 6.30. The van der Waals surface area contributed by atoms with Crippen LogP contribution in [0.3, 0.4) is 0 Å². The minimum absolute atomic E-state index is 0.0840. The zero-order valence-electron chi connectivity index (χ0n) is 15.7.